The minimum absolute atomic E-state index is 0.0237. The lowest BCUT2D eigenvalue weighted by Crippen LogP contribution is -2.27. The van der Waals surface area contributed by atoms with Gasteiger partial charge < -0.3 is 15.4 Å². The van der Waals surface area contributed by atoms with Gasteiger partial charge in [-0.2, -0.15) is 0 Å². The molecule has 0 spiro atoms. The van der Waals surface area contributed by atoms with Crippen LogP contribution in [0.15, 0.2) is 24.3 Å². The molecular weight excluding hydrogens is 268 g/mol. The van der Waals surface area contributed by atoms with Crippen LogP contribution in [-0.2, 0) is 4.79 Å². The molecule has 2 amide bonds. The third-order valence-corrected chi connectivity index (χ3v) is 3.00. The van der Waals surface area contributed by atoms with Crippen molar-refractivity contribution in [1.29, 1.82) is 0 Å². The van der Waals surface area contributed by atoms with E-state index in [9.17, 15) is 9.59 Å². The van der Waals surface area contributed by atoms with Crippen LogP contribution >= 0.6 is 0 Å². The zero-order chi connectivity index (χ0) is 15.7. The molecular formula is C16H24N2O3. The van der Waals surface area contributed by atoms with Crippen molar-refractivity contribution in [1.82, 2.24) is 5.32 Å². The fraction of sp³-hybridized carbons (Fsp3) is 0.500. The first-order chi connectivity index (χ1) is 10.1. The Morgan fingerprint density at radius 3 is 2.67 bits per heavy atom. The smallest absolute Gasteiger partial charge is 0.410 e. The Hall–Kier alpha value is -2.04. The van der Waals surface area contributed by atoms with E-state index in [1.165, 1.54) is 0 Å². The molecule has 0 heterocycles. The molecule has 116 valence electrons. The average molecular weight is 292 g/mol. The quantitative estimate of drug-likeness (QED) is 0.807. The molecule has 5 nitrogen and oxygen atoms in total. The Morgan fingerprint density at radius 2 is 2.00 bits per heavy atom. The number of ether oxygens (including phenoxy) is 1. The number of nitrogens with one attached hydrogen (secondary N) is 2. The van der Waals surface area contributed by atoms with Crippen LogP contribution in [0, 0.1) is 5.92 Å². The molecule has 2 N–H and O–H groups in total. The molecule has 0 saturated heterocycles. The predicted octanol–water partition coefficient (Wildman–Crippen LogP) is 3.56. The van der Waals surface area contributed by atoms with Gasteiger partial charge in [0, 0.05) is 24.2 Å². The second-order valence-electron chi connectivity index (χ2n) is 5.02. The van der Waals surface area contributed by atoms with Crippen LogP contribution in [0.3, 0.4) is 0 Å². The Kier molecular flexibility index (Phi) is 7.29. The largest absolute Gasteiger partial charge is 0.412 e. The molecule has 21 heavy (non-hydrogen) atoms. The number of hydrogen-bond donors (Lipinski definition) is 2. The lowest BCUT2D eigenvalue weighted by molar-refractivity contribution is -0.119. The normalized spacial score (nSPS) is 11.6. The van der Waals surface area contributed by atoms with Crippen LogP contribution in [-0.4, -0.2) is 18.5 Å². The average Bonchev–Trinajstić information content (AvgIpc) is 2.45. The Labute approximate surface area is 126 Å². The molecule has 0 saturated carbocycles. The number of anilines is 1. The SMILES string of the molecule is CCCNC(=O)Oc1cccc(NC(=O)C(C)CCC)c1. The second kappa shape index (κ2) is 9.00. The van der Waals surface area contributed by atoms with E-state index < -0.39 is 6.09 Å². The summed E-state index contributed by atoms with van der Waals surface area (Å²) in [7, 11) is 0. The highest BCUT2D eigenvalue weighted by Crippen LogP contribution is 2.18. The first-order valence-corrected chi connectivity index (χ1v) is 7.43. The molecule has 1 aromatic carbocycles. The maximum Gasteiger partial charge on any atom is 0.412 e. The summed E-state index contributed by atoms with van der Waals surface area (Å²) in [6.45, 7) is 6.49. The van der Waals surface area contributed by atoms with E-state index in [1.807, 2.05) is 20.8 Å². The van der Waals surface area contributed by atoms with Crippen molar-refractivity contribution >= 4 is 17.7 Å². The van der Waals surface area contributed by atoms with Gasteiger partial charge >= 0.3 is 6.09 Å². The lowest BCUT2D eigenvalue weighted by Gasteiger charge is -2.12. The van der Waals surface area contributed by atoms with Gasteiger partial charge in [-0.3, -0.25) is 4.79 Å². The van der Waals surface area contributed by atoms with E-state index in [-0.39, 0.29) is 11.8 Å². The monoisotopic (exact) mass is 292 g/mol. The van der Waals surface area contributed by atoms with Crippen molar-refractivity contribution in [2.75, 3.05) is 11.9 Å². The number of rotatable bonds is 7. The summed E-state index contributed by atoms with van der Waals surface area (Å²) in [4.78, 5) is 23.4. The van der Waals surface area contributed by atoms with E-state index in [0.29, 0.717) is 18.0 Å². The molecule has 0 aliphatic heterocycles. The highest BCUT2D eigenvalue weighted by Gasteiger charge is 2.12. The topological polar surface area (TPSA) is 67.4 Å². The van der Waals surface area contributed by atoms with Gasteiger partial charge in [0.05, 0.1) is 0 Å². The van der Waals surface area contributed by atoms with Crippen LogP contribution in [0.4, 0.5) is 10.5 Å². The Morgan fingerprint density at radius 1 is 1.24 bits per heavy atom. The zero-order valence-electron chi connectivity index (χ0n) is 12.9. The van der Waals surface area contributed by atoms with Gasteiger partial charge in [0.1, 0.15) is 5.75 Å². The van der Waals surface area contributed by atoms with Gasteiger partial charge in [-0.25, -0.2) is 4.79 Å². The molecule has 0 aliphatic rings. The van der Waals surface area contributed by atoms with Crippen molar-refractivity contribution in [3.63, 3.8) is 0 Å². The number of carbonyl (C=O) groups excluding carboxylic acids is 2. The molecule has 1 aromatic rings. The van der Waals surface area contributed by atoms with Crippen LogP contribution in [0.1, 0.15) is 40.0 Å². The molecule has 1 unspecified atom stereocenters. The standard InChI is InChI=1S/C16H24N2O3/c1-4-7-12(3)15(19)18-13-8-6-9-14(11-13)21-16(20)17-10-5-2/h6,8-9,11-12H,4-5,7,10H2,1-3H3,(H,17,20)(H,18,19). The highest BCUT2D eigenvalue weighted by atomic mass is 16.6. The lowest BCUT2D eigenvalue weighted by atomic mass is 10.1. The molecule has 1 atom stereocenters. The van der Waals surface area contributed by atoms with Gasteiger partial charge in [0.25, 0.3) is 0 Å². The van der Waals surface area contributed by atoms with Gasteiger partial charge in [-0.15, -0.1) is 0 Å². The van der Waals surface area contributed by atoms with E-state index in [2.05, 4.69) is 10.6 Å². The predicted molar refractivity (Wildman–Crippen MR) is 83.5 cm³/mol. The number of carbonyl (C=O) groups is 2. The second-order valence-corrected chi connectivity index (χ2v) is 5.02. The third kappa shape index (κ3) is 6.29. The molecule has 0 aliphatic carbocycles. The fourth-order valence-electron chi connectivity index (χ4n) is 1.84. The summed E-state index contributed by atoms with van der Waals surface area (Å²) < 4.78 is 5.15. The van der Waals surface area contributed by atoms with E-state index in [0.717, 1.165) is 19.3 Å². The fourth-order valence-corrected chi connectivity index (χ4v) is 1.84. The van der Waals surface area contributed by atoms with Crippen LogP contribution in [0.2, 0.25) is 0 Å². The molecule has 0 bridgehead atoms. The van der Waals surface area contributed by atoms with Gasteiger partial charge in [0.15, 0.2) is 0 Å². The van der Waals surface area contributed by atoms with Crippen LogP contribution in [0.25, 0.3) is 0 Å². The van der Waals surface area contributed by atoms with Crippen LogP contribution < -0.4 is 15.4 Å². The van der Waals surface area contributed by atoms with Crippen molar-refractivity contribution in [3.8, 4) is 5.75 Å². The van der Waals surface area contributed by atoms with E-state index in [4.69, 9.17) is 4.74 Å². The van der Waals surface area contributed by atoms with Gasteiger partial charge in [-0.1, -0.05) is 33.3 Å². The van der Waals surface area contributed by atoms with E-state index >= 15 is 0 Å². The Balaban J connectivity index is 2.59. The first kappa shape index (κ1) is 17.0. The summed E-state index contributed by atoms with van der Waals surface area (Å²) in [5, 5.41) is 5.46. The maximum absolute atomic E-state index is 11.9. The number of amides is 2. The number of benzene rings is 1. The Bertz CT molecular complexity index is 474. The van der Waals surface area contributed by atoms with Gasteiger partial charge in [0.2, 0.25) is 5.91 Å². The van der Waals surface area contributed by atoms with E-state index in [1.54, 1.807) is 24.3 Å². The summed E-state index contributed by atoms with van der Waals surface area (Å²) in [6.07, 6.45) is 2.18. The van der Waals surface area contributed by atoms with Crippen molar-refractivity contribution in [2.24, 2.45) is 5.92 Å². The van der Waals surface area contributed by atoms with Crippen molar-refractivity contribution in [2.45, 2.75) is 40.0 Å². The maximum atomic E-state index is 11.9. The zero-order valence-corrected chi connectivity index (χ0v) is 12.9. The van der Waals surface area contributed by atoms with Crippen molar-refractivity contribution < 1.29 is 14.3 Å². The molecule has 0 fully saturated rings. The summed E-state index contributed by atoms with van der Waals surface area (Å²) in [6, 6.07) is 6.83. The molecule has 1 rings (SSSR count). The first-order valence-electron chi connectivity index (χ1n) is 7.43. The number of hydrogen-bond acceptors (Lipinski definition) is 3. The highest BCUT2D eigenvalue weighted by molar-refractivity contribution is 5.92. The minimum Gasteiger partial charge on any atom is -0.410 e. The molecule has 5 heteroatoms. The molecule has 0 aromatic heterocycles. The summed E-state index contributed by atoms with van der Waals surface area (Å²) in [5.74, 6) is 0.349. The molecule has 0 radical (unpaired) electrons. The summed E-state index contributed by atoms with van der Waals surface area (Å²) in [5.41, 5.74) is 0.628. The van der Waals surface area contributed by atoms with Crippen molar-refractivity contribution in [3.05, 3.63) is 24.3 Å². The minimum atomic E-state index is -0.486. The third-order valence-electron chi connectivity index (χ3n) is 3.00. The van der Waals surface area contributed by atoms with Gasteiger partial charge in [-0.05, 0) is 25.0 Å². The van der Waals surface area contributed by atoms with Crippen LogP contribution in [0.5, 0.6) is 5.75 Å². The summed E-state index contributed by atoms with van der Waals surface area (Å²) >= 11 is 0.